The predicted molar refractivity (Wildman–Crippen MR) is 63.9 cm³/mol. The molecule has 0 unspecified atom stereocenters. The van der Waals surface area contributed by atoms with Crippen molar-refractivity contribution in [3.63, 3.8) is 0 Å². The Morgan fingerprint density at radius 3 is 2.22 bits per heavy atom. The van der Waals surface area contributed by atoms with Crippen LogP contribution in [0.5, 0.6) is 0 Å². The third kappa shape index (κ3) is 3.24. The van der Waals surface area contributed by atoms with E-state index in [1.807, 2.05) is 0 Å². The maximum Gasteiger partial charge on any atom is 0.337 e. The summed E-state index contributed by atoms with van der Waals surface area (Å²) in [4.78, 5) is 22.0. The second kappa shape index (κ2) is 5.72. The highest BCUT2D eigenvalue weighted by Gasteiger charge is 2.10. The highest BCUT2D eigenvalue weighted by Crippen LogP contribution is 2.20. The number of azo groups is 1. The van der Waals surface area contributed by atoms with Crippen molar-refractivity contribution in [2.24, 2.45) is 10.2 Å². The van der Waals surface area contributed by atoms with Gasteiger partial charge < -0.3 is 10.2 Å². The predicted octanol–water partition coefficient (Wildman–Crippen LogP) is 2.85. The molecule has 2 N–H and O–H groups in total. The molecule has 1 rings (SSSR count). The van der Waals surface area contributed by atoms with Crippen molar-refractivity contribution in [1.82, 2.24) is 0 Å². The van der Waals surface area contributed by atoms with Gasteiger partial charge >= 0.3 is 5.97 Å². The van der Waals surface area contributed by atoms with Crippen molar-refractivity contribution >= 4 is 17.4 Å². The van der Waals surface area contributed by atoms with Crippen LogP contribution in [0.25, 0.3) is 0 Å². The first-order chi connectivity index (χ1) is 8.43. The molecular weight excluding hydrogens is 236 g/mol. The number of carbonyl (C=O) groups is 2. The van der Waals surface area contributed by atoms with E-state index in [0.717, 1.165) is 0 Å². The fourth-order valence-corrected chi connectivity index (χ4v) is 1.24. The van der Waals surface area contributed by atoms with Gasteiger partial charge in [-0.3, -0.25) is 4.79 Å². The second-order valence-corrected chi connectivity index (χ2v) is 3.51. The van der Waals surface area contributed by atoms with Crippen LogP contribution in [-0.4, -0.2) is 22.0 Å². The Morgan fingerprint density at radius 1 is 1.11 bits per heavy atom. The third-order valence-electron chi connectivity index (χ3n) is 2.07. The van der Waals surface area contributed by atoms with Gasteiger partial charge in [0, 0.05) is 6.92 Å². The number of nitrogens with zero attached hydrogens (tertiary/aromatic N) is 2. The molecule has 0 heterocycles. The van der Waals surface area contributed by atoms with Crippen LogP contribution in [0.4, 0.5) is 5.69 Å². The van der Waals surface area contributed by atoms with E-state index in [9.17, 15) is 14.7 Å². The van der Waals surface area contributed by atoms with E-state index in [-0.39, 0.29) is 22.7 Å². The minimum atomic E-state index is -1.14. The summed E-state index contributed by atoms with van der Waals surface area (Å²) in [5.41, 5.74) is -0.111. The summed E-state index contributed by atoms with van der Waals surface area (Å²) >= 11 is 0. The Morgan fingerprint density at radius 2 is 1.72 bits per heavy atom. The van der Waals surface area contributed by atoms with Crippen LogP contribution in [0.1, 0.15) is 24.2 Å². The quantitative estimate of drug-likeness (QED) is 0.486. The van der Waals surface area contributed by atoms with Gasteiger partial charge in [0.05, 0.1) is 5.56 Å². The van der Waals surface area contributed by atoms with Crippen LogP contribution in [-0.2, 0) is 4.79 Å². The van der Waals surface area contributed by atoms with E-state index in [4.69, 9.17) is 5.11 Å². The molecule has 6 heteroatoms. The van der Waals surface area contributed by atoms with E-state index in [0.29, 0.717) is 0 Å². The Balaban J connectivity index is 3.16. The summed E-state index contributed by atoms with van der Waals surface area (Å²) in [6.45, 7) is 2.54. The number of aliphatic hydroxyl groups excluding tert-OH is 1. The minimum absolute atomic E-state index is 0.0280. The zero-order valence-corrected chi connectivity index (χ0v) is 9.91. The van der Waals surface area contributed by atoms with Gasteiger partial charge in [0.2, 0.25) is 0 Å². The number of ketones is 1. The number of carboxylic acid groups (broad SMARTS) is 1. The number of carbonyl (C=O) groups excluding carboxylic acids is 1. The standard InChI is InChI=1S/C12H12N2O4/c1-7(15)11(8(2)16)14-13-10-6-4-3-5-9(10)12(17)18/h3-6,15H,1-2H3,(H,17,18)/b11-7+,14-13?. The minimum Gasteiger partial charge on any atom is -0.510 e. The molecule has 0 aliphatic carbocycles. The number of Topliss-reactive ketones (excluding diaryl/α,β-unsaturated/α-hetero) is 1. The lowest BCUT2D eigenvalue weighted by atomic mass is 10.2. The molecule has 0 radical (unpaired) electrons. The molecule has 18 heavy (non-hydrogen) atoms. The van der Waals surface area contributed by atoms with Gasteiger partial charge in [0.25, 0.3) is 0 Å². The third-order valence-corrected chi connectivity index (χ3v) is 2.07. The topological polar surface area (TPSA) is 99.3 Å². The van der Waals surface area contributed by atoms with Gasteiger partial charge in [-0.25, -0.2) is 4.79 Å². The average Bonchev–Trinajstić information content (AvgIpc) is 2.28. The van der Waals surface area contributed by atoms with E-state index < -0.39 is 11.8 Å². The number of hydrogen-bond donors (Lipinski definition) is 2. The average molecular weight is 248 g/mol. The molecule has 0 spiro atoms. The molecule has 6 nitrogen and oxygen atoms in total. The lowest BCUT2D eigenvalue weighted by molar-refractivity contribution is -0.113. The maximum absolute atomic E-state index is 11.1. The largest absolute Gasteiger partial charge is 0.510 e. The zero-order valence-electron chi connectivity index (χ0n) is 9.91. The van der Waals surface area contributed by atoms with Crippen LogP contribution in [0, 0.1) is 0 Å². The lowest BCUT2D eigenvalue weighted by Gasteiger charge is -2.00. The van der Waals surface area contributed by atoms with E-state index >= 15 is 0 Å². The molecule has 0 amide bonds. The molecule has 0 bridgehead atoms. The fraction of sp³-hybridized carbons (Fsp3) is 0.167. The van der Waals surface area contributed by atoms with Gasteiger partial charge in [-0.05, 0) is 19.1 Å². The Hall–Kier alpha value is -2.50. The van der Waals surface area contributed by atoms with E-state index in [1.54, 1.807) is 12.1 Å². The number of hydrogen-bond acceptors (Lipinski definition) is 5. The number of aromatic carboxylic acids is 1. The molecule has 0 saturated heterocycles. The molecule has 1 aromatic rings. The first-order valence-electron chi connectivity index (χ1n) is 5.08. The van der Waals surface area contributed by atoms with Gasteiger partial charge in [0.15, 0.2) is 11.5 Å². The highest BCUT2D eigenvalue weighted by molar-refractivity contribution is 5.94. The van der Waals surface area contributed by atoms with Gasteiger partial charge in [-0.1, -0.05) is 12.1 Å². The van der Waals surface area contributed by atoms with Crippen molar-refractivity contribution in [3.8, 4) is 0 Å². The Bertz CT molecular complexity index is 543. The van der Waals surface area contributed by atoms with Crippen molar-refractivity contribution in [2.75, 3.05) is 0 Å². The molecule has 1 aromatic carbocycles. The molecule has 0 aliphatic rings. The molecule has 0 saturated carbocycles. The van der Waals surface area contributed by atoms with Crippen LogP contribution in [0.3, 0.4) is 0 Å². The van der Waals surface area contributed by atoms with E-state index in [1.165, 1.54) is 26.0 Å². The summed E-state index contributed by atoms with van der Waals surface area (Å²) in [5.74, 6) is -1.86. The lowest BCUT2D eigenvalue weighted by Crippen LogP contribution is -1.98. The number of rotatable bonds is 4. The summed E-state index contributed by atoms with van der Waals surface area (Å²) in [6, 6.07) is 5.99. The van der Waals surface area contributed by atoms with E-state index in [2.05, 4.69) is 10.2 Å². The van der Waals surface area contributed by atoms with Gasteiger partial charge in [-0.2, -0.15) is 0 Å². The van der Waals surface area contributed by atoms with Crippen LogP contribution in [0.15, 0.2) is 46.0 Å². The maximum atomic E-state index is 11.1. The summed E-state index contributed by atoms with van der Waals surface area (Å²) in [5, 5.41) is 25.4. The smallest absolute Gasteiger partial charge is 0.337 e. The van der Waals surface area contributed by atoms with Crippen molar-refractivity contribution in [1.29, 1.82) is 0 Å². The second-order valence-electron chi connectivity index (χ2n) is 3.51. The van der Waals surface area contributed by atoms with Crippen LogP contribution in [0.2, 0.25) is 0 Å². The number of carboxylic acids is 1. The summed E-state index contributed by atoms with van der Waals surface area (Å²) in [6.07, 6.45) is 0. The van der Waals surface area contributed by atoms with Gasteiger partial charge in [-0.15, -0.1) is 10.2 Å². The molecule has 0 fully saturated rings. The molecule has 0 aliphatic heterocycles. The SMILES string of the molecule is CC(=O)/C(N=Nc1ccccc1C(=O)O)=C(/C)O. The molecule has 0 aromatic heterocycles. The summed E-state index contributed by atoms with van der Waals surface area (Å²) in [7, 11) is 0. The Labute approximate surface area is 103 Å². The molecular formula is C12H12N2O4. The first kappa shape index (κ1) is 13.6. The van der Waals surface area contributed by atoms with Crippen LogP contribution < -0.4 is 0 Å². The van der Waals surface area contributed by atoms with Crippen molar-refractivity contribution in [2.45, 2.75) is 13.8 Å². The highest BCUT2D eigenvalue weighted by atomic mass is 16.4. The number of aliphatic hydroxyl groups is 1. The monoisotopic (exact) mass is 248 g/mol. The first-order valence-corrected chi connectivity index (χ1v) is 5.08. The van der Waals surface area contributed by atoms with Crippen molar-refractivity contribution in [3.05, 3.63) is 41.3 Å². The van der Waals surface area contributed by atoms with Crippen LogP contribution >= 0.6 is 0 Å². The number of benzene rings is 1. The fourth-order valence-electron chi connectivity index (χ4n) is 1.24. The zero-order chi connectivity index (χ0) is 13.7. The van der Waals surface area contributed by atoms with Gasteiger partial charge in [0.1, 0.15) is 11.4 Å². The molecule has 94 valence electrons. The summed E-state index contributed by atoms with van der Waals surface area (Å²) < 4.78 is 0. The normalized spacial score (nSPS) is 12.3. The number of allylic oxidation sites excluding steroid dienone is 2. The van der Waals surface area contributed by atoms with Crippen molar-refractivity contribution < 1.29 is 19.8 Å². The Kier molecular flexibility index (Phi) is 4.31. The molecule has 0 atom stereocenters.